The molecule has 0 radical (unpaired) electrons. The van der Waals surface area contributed by atoms with E-state index in [4.69, 9.17) is 5.73 Å². The second kappa shape index (κ2) is 5.37. The molecule has 8 heteroatoms. The molecule has 5 nitrogen and oxygen atoms in total. The lowest BCUT2D eigenvalue weighted by Crippen LogP contribution is -2.13. The molecular formula is C12H14FN3O2S2. The topological polar surface area (TPSA) is 85.1 Å². The molecule has 108 valence electrons. The van der Waals surface area contributed by atoms with Crippen molar-refractivity contribution in [2.24, 2.45) is 0 Å². The molecule has 0 aliphatic rings. The van der Waals surface area contributed by atoms with Crippen molar-refractivity contribution in [2.75, 3.05) is 10.5 Å². The lowest BCUT2D eigenvalue weighted by molar-refractivity contribution is 0.600. The summed E-state index contributed by atoms with van der Waals surface area (Å²) in [7, 11) is -3.81. The van der Waals surface area contributed by atoms with Crippen LogP contribution in [0.4, 0.5) is 15.2 Å². The first-order chi connectivity index (χ1) is 9.33. The van der Waals surface area contributed by atoms with Crippen LogP contribution in [0.25, 0.3) is 0 Å². The Morgan fingerprint density at radius 2 is 2.15 bits per heavy atom. The van der Waals surface area contributed by atoms with E-state index in [0.717, 1.165) is 35.2 Å². The third-order valence-electron chi connectivity index (χ3n) is 2.73. The van der Waals surface area contributed by atoms with Gasteiger partial charge in [-0.1, -0.05) is 6.92 Å². The zero-order valence-electron chi connectivity index (χ0n) is 11.0. The normalized spacial score (nSPS) is 11.6. The second-order valence-corrected chi connectivity index (χ2v) is 7.05. The maximum absolute atomic E-state index is 13.1. The van der Waals surface area contributed by atoms with Gasteiger partial charge in [0.2, 0.25) is 0 Å². The van der Waals surface area contributed by atoms with E-state index in [1.807, 2.05) is 13.8 Å². The van der Waals surface area contributed by atoms with Gasteiger partial charge >= 0.3 is 0 Å². The minimum absolute atomic E-state index is 0.0951. The Morgan fingerprint density at radius 1 is 1.45 bits per heavy atom. The van der Waals surface area contributed by atoms with Crippen molar-refractivity contribution in [1.82, 2.24) is 4.98 Å². The van der Waals surface area contributed by atoms with Crippen molar-refractivity contribution in [3.05, 3.63) is 34.6 Å². The van der Waals surface area contributed by atoms with Gasteiger partial charge in [0.05, 0.1) is 16.3 Å². The molecule has 2 rings (SSSR count). The summed E-state index contributed by atoms with van der Waals surface area (Å²) < 4.78 is 39.7. The van der Waals surface area contributed by atoms with E-state index in [2.05, 4.69) is 9.71 Å². The van der Waals surface area contributed by atoms with Gasteiger partial charge < -0.3 is 5.73 Å². The maximum Gasteiger partial charge on any atom is 0.263 e. The van der Waals surface area contributed by atoms with E-state index in [9.17, 15) is 12.8 Å². The highest BCUT2D eigenvalue weighted by atomic mass is 32.2. The number of hydrogen-bond donors (Lipinski definition) is 2. The highest BCUT2D eigenvalue weighted by molar-refractivity contribution is 7.93. The molecule has 1 aromatic heterocycles. The van der Waals surface area contributed by atoms with Crippen LogP contribution in [0.3, 0.4) is 0 Å². The summed E-state index contributed by atoms with van der Waals surface area (Å²) >= 11 is 1.26. The number of aryl methyl sites for hydroxylation is 2. The summed E-state index contributed by atoms with van der Waals surface area (Å²) in [6.45, 7) is 3.82. The van der Waals surface area contributed by atoms with Crippen molar-refractivity contribution in [3.63, 3.8) is 0 Å². The molecule has 0 amide bonds. The average Bonchev–Trinajstić information content (AvgIpc) is 2.71. The quantitative estimate of drug-likeness (QED) is 0.849. The molecule has 0 bridgehead atoms. The molecular weight excluding hydrogens is 301 g/mol. The molecule has 0 atom stereocenters. The predicted octanol–water partition coefficient (Wildman–Crippen LogP) is 2.54. The van der Waals surface area contributed by atoms with Crippen LogP contribution in [0.1, 0.15) is 17.5 Å². The fourth-order valence-corrected chi connectivity index (χ4v) is 3.83. The number of nitrogens with two attached hydrogens (primary N) is 1. The zero-order chi connectivity index (χ0) is 14.9. The Balaban J connectivity index is 2.32. The van der Waals surface area contributed by atoms with E-state index >= 15 is 0 Å². The Bertz CT molecular complexity index is 741. The van der Waals surface area contributed by atoms with Crippen molar-refractivity contribution in [3.8, 4) is 0 Å². The SMILES string of the molecule is CCc1nc(NS(=O)(=O)c2ccc(F)c(N)c2)sc1C. The number of benzene rings is 1. The molecule has 0 spiro atoms. The first kappa shape index (κ1) is 14.7. The summed E-state index contributed by atoms with van der Waals surface area (Å²) in [5.74, 6) is -0.651. The number of nitrogen functional groups attached to an aromatic ring is 1. The van der Waals surface area contributed by atoms with Crippen LogP contribution in [0.2, 0.25) is 0 Å². The first-order valence-electron chi connectivity index (χ1n) is 5.87. The van der Waals surface area contributed by atoms with Gasteiger partial charge in [0, 0.05) is 4.88 Å². The smallest absolute Gasteiger partial charge is 0.263 e. The molecule has 1 aromatic carbocycles. The third-order valence-corrected chi connectivity index (χ3v) is 5.12. The van der Waals surface area contributed by atoms with Gasteiger partial charge in [0.25, 0.3) is 10.0 Å². The van der Waals surface area contributed by atoms with Gasteiger partial charge in [-0.15, -0.1) is 11.3 Å². The van der Waals surface area contributed by atoms with Crippen LogP contribution in [-0.4, -0.2) is 13.4 Å². The summed E-state index contributed by atoms with van der Waals surface area (Å²) in [6, 6.07) is 3.27. The van der Waals surface area contributed by atoms with E-state index in [-0.39, 0.29) is 10.6 Å². The number of nitrogens with one attached hydrogen (secondary N) is 1. The number of anilines is 2. The van der Waals surface area contributed by atoms with Crippen LogP contribution in [0.5, 0.6) is 0 Å². The number of halogens is 1. The molecule has 0 saturated heterocycles. The predicted molar refractivity (Wildman–Crippen MR) is 77.8 cm³/mol. The number of nitrogens with zero attached hydrogens (tertiary/aromatic N) is 1. The molecule has 1 heterocycles. The Hall–Kier alpha value is -1.67. The number of aromatic nitrogens is 1. The summed E-state index contributed by atoms with van der Waals surface area (Å²) in [6.07, 6.45) is 0.730. The van der Waals surface area contributed by atoms with Crippen LogP contribution >= 0.6 is 11.3 Å². The number of hydrogen-bond acceptors (Lipinski definition) is 5. The van der Waals surface area contributed by atoms with Crippen LogP contribution in [0.15, 0.2) is 23.1 Å². The number of rotatable bonds is 4. The highest BCUT2D eigenvalue weighted by Crippen LogP contribution is 2.25. The minimum atomic E-state index is -3.81. The highest BCUT2D eigenvalue weighted by Gasteiger charge is 2.18. The molecule has 0 aliphatic heterocycles. The van der Waals surface area contributed by atoms with Gasteiger partial charge in [0.15, 0.2) is 5.13 Å². The second-order valence-electron chi connectivity index (χ2n) is 4.16. The van der Waals surface area contributed by atoms with Crippen LogP contribution < -0.4 is 10.5 Å². The Kier molecular flexibility index (Phi) is 3.96. The lowest BCUT2D eigenvalue weighted by atomic mass is 10.3. The first-order valence-corrected chi connectivity index (χ1v) is 8.17. The zero-order valence-corrected chi connectivity index (χ0v) is 12.6. The van der Waals surface area contributed by atoms with Crippen molar-refractivity contribution >= 4 is 32.2 Å². The minimum Gasteiger partial charge on any atom is -0.396 e. The molecule has 0 saturated carbocycles. The molecule has 20 heavy (non-hydrogen) atoms. The molecule has 0 unspecified atom stereocenters. The van der Waals surface area contributed by atoms with Crippen molar-refractivity contribution in [2.45, 2.75) is 25.2 Å². The van der Waals surface area contributed by atoms with E-state index < -0.39 is 15.8 Å². The van der Waals surface area contributed by atoms with Gasteiger partial charge in [0.1, 0.15) is 5.82 Å². The molecule has 3 N–H and O–H groups in total. The summed E-state index contributed by atoms with van der Waals surface area (Å²) in [5, 5.41) is 0.294. The van der Waals surface area contributed by atoms with E-state index in [1.165, 1.54) is 11.3 Å². The lowest BCUT2D eigenvalue weighted by Gasteiger charge is -2.06. The van der Waals surface area contributed by atoms with E-state index in [0.29, 0.717) is 5.13 Å². The van der Waals surface area contributed by atoms with Gasteiger partial charge in [-0.2, -0.15) is 0 Å². The van der Waals surface area contributed by atoms with Gasteiger partial charge in [-0.25, -0.2) is 17.8 Å². The van der Waals surface area contributed by atoms with Gasteiger partial charge in [-0.3, -0.25) is 4.72 Å². The summed E-state index contributed by atoms with van der Waals surface area (Å²) in [5.41, 5.74) is 6.02. The fraction of sp³-hybridized carbons (Fsp3) is 0.250. The van der Waals surface area contributed by atoms with Crippen molar-refractivity contribution < 1.29 is 12.8 Å². The third kappa shape index (κ3) is 2.91. The molecule has 2 aromatic rings. The molecule has 0 aliphatic carbocycles. The fourth-order valence-electron chi connectivity index (χ4n) is 1.66. The van der Waals surface area contributed by atoms with Crippen LogP contribution in [-0.2, 0) is 16.4 Å². The maximum atomic E-state index is 13.1. The monoisotopic (exact) mass is 315 g/mol. The number of thiazole rings is 1. The average molecular weight is 315 g/mol. The largest absolute Gasteiger partial charge is 0.396 e. The standard InChI is InChI=1S/C12H14FN3O2S2/c1-3-11-7(2)19-12(15-11)16-20(17,18)8-4-5-9(13)10(14)6-8/h4-6H,3,14H2,1-2H3,(H,15,16). The Morgan fingerprint density at radius 3 is 2.70 bits per heavy atom. The van der Waals surface area contributed by atoms with Crippen molar-refractivity contribution in [1.29, 1.82) is 0 Å². The number of sulfonamides is 1. The van der Waals surface area contributed by atoms with Gasteiger partial charge in [-0.05, 0) is 31.5 Å². The van der Waals surface area contributed by atoms with Crippen LogP contribution in [0, 0.1) is 12.7 Å². The Labute approximate surface area is 120 Å². The molecule has 0 fully saturated rings. The summed E-state index contributed by atoms with van der Waals surface area (Å²) in [4.78, 5) is 5.07. The van der Waals surface area contributed by atoms with E-state index in [1.54, 1.807) is 0 Å².